The number of nitrogens with zero attached hydrogens (tertiary/aromatic N) is 1. The van der Waals surface area contributed by atoms with E-state index in [1.165, 1.54) is 5.56 Å². The highest BCUT2D eigenvalue weighted by Gasteiger charge is 2.13. The Morgan fingerprint density at radius 3 is 2.85 bits per heavy atom. The van der Waals surface area contributed by atoms with Crippen LogP contribution in [0, 0.1) is 0 Å². The topological polar surface area (TPSA) is 76.1 Å². The van der Waals surface area contributed by atoms with Gasteiger partial charge < -0.3 is 16.0 Å². The van der Waals surface area contributed by atoms with Crippen LogP contribution in [0.25, 0.3) is 0 Å². The second-order valence-corrected chi connectivity index (χ2v) is 2.78. The van der Waals surface area contributed by atoms with Crippen LogP contribution in [0.5, 0.6) is 0 Å². The SMILES string of the molecule is O.ON=C1NCCc2ccccc21. The van der Waals surface area contributed by atoms with Crippen molar-refractivity contribution in [2.24, 2.45) is 5.16 Å². The zero-order valence-electron chi connectivity index (χ0n) is 7.12. The largest absolute Gasteiger partial charge is 0.412 e. The van der Waals surface area contributed by atoms with Crippen molar-refractivity contribution in [3.8, 4) is 0 Å². The number of fused-ring (bicyclic) bond motifs is 1. The summed E-state index contributed by atoms with van der Waals surface area (Å²) in [6.45, 7) is 0.844. The van der Waals surface area contributed by atoms with Crippen LogP contribution < -0.4 is 5.32 Å². The molecule has 0 amide bonds. The number of benzene rings is 1. The molecule has 4 nitrogen and oxygen atoms in total. The Labute approximate surface area is 76.2 Å². The highest BCUT2D eigenvalue weighted by molar-refractivity contribution is 6.00. The molecule has 4 N–H and O–H groups in total. The van der Waals surface area contributed by atoms with Gasteiger partial charge in [0, 0.05) is 12.1 Å². The minimum absolute atomic E-state index is 0. The van der Waals surface area contributed by atoms with Gasteiger partial charge in [-0.15, -0.1) is 0 Å². The Morgan fingerprint density at radius 1 is 1.31 bits per heavy atom. The van der Waals surface area contributed by atoms with E-state index in [9.17, 15) is 0 Å². The first-order valence-corrected chi connectivity index (χ1v) is 3.96. The third kappa shape index (κ3) is 1.62. The Kier molecular flexibility index (Phi) is 2.87. The van der Waals surface area contributed by atoms with E-state index in [4.69, 9.17) is 5.21 Å². The average Bonchev–Trinajstić information content (AvgIpc) is 2.17. The molecule has 13 heavy (non-hydrogen) atoms. The maximum Gasteiger partial charge on any atom is 0.172 e. The summed E-state index contributed by atoms with van der Waals surface area (Å²) in [6, 6.07) is 7.95. The fourth-order valence-corrected chi connectivity index (χ4v) is 1.47. The van der Waals surface area contributed by atoms with Crippen molar-refractivity contribution in [2.45, 2.75) is 6.42 Å². The molecule has 0 fully saturated rings. The first-order chi connectivity index (χ1) is 5.92. The van der Waals surface area contributed by atoms with Crippen molar-refractivity contribution in [3.05, 3.63) is 35.4 Å². The van der Waals surface area contributed by atoms with Gasteiger partial charge in [0.05, 0.1) is 0 Å². The van der Waals surface area contributed by atoms with Crippen molar-refractivity contribution >= 4 is 5.84 Å². The normalized spacial score (nSPS) is 17.1. The van der Waals surface area contributed by atoms with E-state index >= 15 is 0 Å². The first-order valence-electron chi connectivity index (χ1n) is 3.96. The number of rotatable bonds is 0. The third-order valence-corrected chi connectivity index (χ3v) is 2.06. The lowest BCUT2D eigenvalue weighted by Gasteiger charge is -2.17. The van der Waals surface area contributed by atoms with Crippen LogP contribution in [0.1, 0.15) is 11.1 Å². The third-order valence-electron chi connectivity index (χ3n) is 2.06. The fourth-order valence-electron chi connectivity index (χ4n) is 1.47. The van der Waals surface area contributed by atoms with Crippen LogP contribution in [0.3, 0.4) is 0 Å². The number of oxime groups is 1. The van der Waals surface area contributed by atoms with Crippen LogP contribution in [0.4, 0.5) is 0 Å². The summed E-state index contributed by atoms with van der Waals surface area (Å²) in [6.07, 6.45) is 0.995. The molecular weight excluding hydrogens is 168 g/mol. The summed E-state index contributed by atoms with van der Waals surface area (Å²) in [5, 5.41) is 14.9. The van der Waals surface area contributed by atoms with Gasteiger partial charge in [0.15, 0.2) is 5.84 Å². The number of hydrogen-bond donors (Lipinski definition) is 2. The summed E-state index contributed by atoms with van der Waals surface area (Å²) in [4.78, 5) is 0. The van der Waals surface area contributed by atoms with Gasteiger partial charge in [-0.2, -0.15) is 0 Å². The molecule has 2 rings (SSSR count). The Balaban J connectivity index is 0.000000845. The highest BCUT2D eigenvalue weighted by atomic mass is 16.4. The van der Waals surface area contributed by atoms with Gasteiger partial charge in [-0.25, -0.2) is 0 Å². The van der Waals surface area contributed by atoms with Crippen LogP contribution in [0.2, 0.25) is 0 Å². The molecule has 1 aliphatic heterocycles. The summed E-state index contributed by atoms with van der Waals surface area (Å²) in [7, 11) is 0. The van der Waals surface area contributed by atoms with Gasteiger partial charge in [0.1, 0.15) is 0 Å². The Morgan fingerprint density at radius 2 is 2.08 bits per heavy atom. The molecule has 0 radical (unpaired) electrons. The zero-order chi connectivity index (χ0) is 8.39. The number of amidine groups is 1. The summed E-state index contributed by atoms with van der Waals surface area (Å²) in [5.41, 5.74) is 2.25. The number of nitrogens with one attached hydrogen (secondary N) is 1. The van der Waals surface area contributed by atoms with E-state index in [1.54, 1.807) is 0 Å². The molecule has 1 heterocycles. The van der Waals surface area contributed by atoms with Crippen molar-refractivity contribution < 1.29 is 10.7 Å². The van der Waals surface area contributed by atoms with Crippen LogP contribution in [-0.4, -0.2) is 23.1 Å². The number of hydrogen-bond acceptors (Lipinski definition) is 2. The lowest BCUT2D eigenvalue weighted by atomic mass is 10.0. The smallest absolute Gasteiger partial charge is 0.172 e. The average molecular weight is 180 g/mol. The zero-order valence-corrected chi connectivity index (χ0v) is 7.12. The van der Waals surface area contributed by atoms with Crippen molar-refractivity contribution in [1.82, 2.24) is 5.32 Å². The second kappa shape index (κ2) is 3.91. The van der Waals surface area contributed by atoms with Gasteiger partial charge in [0.2, 0.25) is 0 Å². The maximum absolute atomic E-state index is 8.66. The molecule has 0 atom stereocenters. The van der Waals surface area contributed by atoms with Gasteiger partial charge in [0.25, 0.3) is 0 Å². The van der Waals surface area contributed by atoms with E-state index in [0.29, 0.717) is 5.84 Å². The van der Waals surface area contributed by atoms with Gasteiger partial charge in [-0.1, -0.05) is 29.4 Å². The molecule has 70 valence electrons. The lowest BCUT2D eigenvalue weighted by Crippen LogP contribution is -2.32. The second-order valence-electron chi connectivity index (χ2n) is 2.78. The fraction of sp³-hybridized carbons (Fsp3) is 0.222. The van der Waals surface area contributed by atoms with Gasteiger partial charge >= 0.3 is 0 Å². The van der Waals surface area contributed by atoms with Crippen LogP contribution >= 0.6 is 0 Å². The molecular formula is C9H12N2O2. The van der Waals surface area contributed by atoms with E-state index in [0.717, 1.165) is 18.5 Å². The molecule has 4 heteroatoms. The molecule has 0 aliphatic carbocycles. The molecule has 1 aliphatic rings. The Hall–Kier alpha value is -1.55. The van der Waals surface area contributed by atoms with Crippen molar-refractivity contribution in [3.63, 3.8) is 0 Å². The predicted octanol–water partition coefficient (Wildman–Crippen LogP) is 0.143. The minimum atomic E-state index is 0. The van der Waals surface area contributed by atoms with E-state index in [1.807, 2.05) is 18.2 Å². The van der Waals surface area contributed by atoms with E-state index < -0.39 is 0 Å². The van der Waals surface area contributed by atoms with Crippen LogP contribution in [-0.2, 0) is 6.42 Å². The van der Waals surface area contributed by atoms with Crippen molar-refractivity contribution in [2.75, 3.05) is 6.54 Å². The molecule has 0 bridgehead atoms. The molecule has 1 aromatic carbocycles. The minimum Gasteiger partial charge on any atom is -0.412 e. The molecule has 0 spiro atoms. The Bertz CT molecular complexity index is 323. The molecule has 0 aromatic heterocycles. The monoisotopic (exact) mass is 180 g/mol. The van der Waals surface area contributed by atoms with E-state index in [-0.39, 0.29) is 5.48 Å². The first kappa shape index (κ1) is 9.54. The summed E-state index contributed by atoms with van der Waals surface area (Å²) in [5.74, 6) is 0.580. The summed E-state index contributed by atoms with van der Waals surface area (Å²) < 4.78 is 0. The van der Waals surface area contributed by atoms with Crippen molar-refractivity contribution in [1.29, 1.82) is 0 Å². The maximum atomic E-state index is 8.66. The highest BCUT2D eigenvalue weighted by Crippen LogP contribution is 2.12. The van der Waals surface area contributed by atoms with Crippen LogP contribution in [0.15, 0.2) is 29.4 Å². The quantitative estimate of drug-likeness (QED) is 0.440. The van der Waals surface area contributed by atoms with Gasteiger partial charge in [-0.3, -0.25) is 0 Å². The summed E-state index contributed by atoms with van der Waals surface area (Å²) >= 11 is 0. The molecule has 1 aromatic rings. The van der Waals surface area contributed by atoms with E-state index in [2.05, 4.69) is 16.5 Å². The predicted molar refractivity (Wildman–Crippen MR) is 50.1 cm³/mol. The molecule has 0 unspecified atom stereocenters. The lowest BCUT2D eigenvalue weighted by molar-refractivity contribution is 0.316. The molecule has 0 saturated carbocycles. The van der Waals surface area contributed by atoms with Gasteiger partial charge in [-0.05, 0) is 12.0 Å². The molecule has 0 saturated heterocycles. The standard InChI is InChI=1S/C9H10N2O.H2O/c12-11-9-8-4-2-1-3-7(8)5-6-10-9;/h1-4,12H,5-6H2,(H,10,11);1H2.